The lowest BCUT2D eigenvalue weighted by Gasteiger charge is -2.11. The van der Waals surface area contributed by atoms with Crippen LogP contribution in [-0.4, -0.2) is 14.5 Å². The van der Waals surface area contributed by atoms with Gasteiger partial charge in [-0.15, -0.1) is 11.6 Å². The molecule has 0 fully saturated rings. The van der Waals surface area contributed by atoms with Crippen LogP contribution in [0.25, 0.3) is 16.7 Å². The summed E-state index contributed by atoms with van der Waals surface area (Å²) >= 11 is 6.01. The third kappa shape index (κ3) is 1.93. The molecule has 0 bridgehead atoms. The lowest BCUT2D eigenvalue weighted by molar-refractivity contribution is 0.971. The molecule has 4 nitrogen and oxygen atoms in total. The van der Waals surface area contributed by atoms with Crippen molar-refractivity contribution in [2.45, 2.75) is 12.8 Å². The Morgan fingerprint density at radius 2 is 2.20 bits per heavy atom. The summed E-state index contributed by atoms with van der Waals surface area (Å²) in [5.74, 6) is 1.04. The molecule has 0 amide bonds. The second-order valence-electron chi connectivity index (χ2n) is 4.47. The largest absolute Gasteiger partial charge is 0.295 e. The molecule has 3 aromatic rings. The number of benzene rings is 1. The van der Waals surface area contributed by atoms with Gasteiger partial charge in [-0.25, -0.2) is 4.98 Å². The molecule has 5 heteroatoms. The van der Waals surface area contributed by atoms with Crippen LogP contribution in [0.3, 0.4) is 0 Å². The van der Waals surface area contributed by atoms with Crippen molar-refractivity contribution in [1.29, 1.82) is 5.26 Å². The maximum Gasteiger partial charge on any atom is 0.129 e. The SMILES string of the molecule is Cc1ccc(C#N)cc1-n1c(CCl)nc2cnccc21. The normalized spacial score (nSPS) is 10.7. The van der Waals surface area contributed by atoms with Gasteiger partial charge in [-0.05, 0) is 30.7 Å². The van der Waals surface area contributed by atoms with Crippen LogP contribution in [0.2, 0.25) is 0 Å². The number of aryl methyl sites for hydroxylation is 1. The third-order valence-electron chi connectivity index (χ3n) is 3.22. The second kappa shape index (κ2) is 4.95. The lowest BCUT2D eigenvalue weighted by Crippen LogP contribution is -2.02. The van der Waals surface area contributed by atoms with Crippen LogP contribution in [-0.2, 0) is 5.88 Å². The number of alkyl halides is 1. The van der Waals surface area contributed by atoms with Crippen LogP contribution in [0.5, 0.6) is 0 Å². The first-order chi connectivity index (χ1) is 9.74. The number of halogens is 1. The van der Waals surface area contributed by atoms with E-state index >= 15 is 0 Å². The van der Waals surface area contributed by atoms with Crippen molar-refractivity contribution in [1.82, 2.24) is 14.5 Å². The van der Waals surface area contributed by atoms with E-state index in [2.05, 4.69) is 16.0 Å². The van der Waals surface area contributed by atoms with Gasteiger partial charge in [0.15, 0.2) is 0 Å². The lowest BCUT2D eigenvalue weighted by atomic mass is 10.1. The molecule has 0 N–H and O–H groups in total. The van der Waals surface area contributed by atoms with Crippen molar-refractivity contribution in [3.8, 4) is 11.8 Å². The minimum absolute atomic E-state index is 0.297. The van der Waals surface area contributed by atoms with Gasteiger partial charge in [-0.3, -0.25) is 9.55 Å². The molecule has 0 aliphatic carbocycles. The molecule has 2 heterocycles. The molecule has 0 radical (unpaired) electrons. The first kappa shape index (κ1) is 12.6. The highest BCUT2D eigenvalue weighted by Crippen LogP contribution is 2.25. The molecule has 0 spiro atoms. The fourth-order valence-electron chi connectivity index (χ4n) is 2.26. The molecule has 0 unspecified atom stereocenters. The number of pyridine rings is 1. The molecule has 20 heavy (non-hydrogen) atoms. The zero-order chi connectivity index (χ0) is 14.1. The van der Waals surface area contributed by atoms with Gasteiger partial charge in [-0.1, -0.05) is 6.07 Å². The van der Waals surface area contributed by atoms with Crippen molar-refractivity contribution in [3.05, 3.63) is 53.6 Å². The number of imidazole rings is 1. The molecule has 0 aliphatic rings. The van der Waals surface area contributed by atoms with E-state index in [4.69, 9.17) is 16.9 Å². The Morgan fingerprint density at radius 3 is 2.95 bits per heavy atom. The summed E-state index contributed by atoms with van der Waals surface area (Å²) in [5, 5.41) is 9.08. The number of hydrogen-bond acceptors (Lipinski definition) is 3. The van der Waals surface area contributed by atoms with E-state index in [1.54, 1.807) is 18.5 Å². The van der Waals surface area contributed by atoms with Crippen molar-refractivity contribution in [2.75, 3.05) is 0 Å². The minimum Gasteiger partial charge on any atom is -0.295 e. The number of nitriles is 1. The summed E-state index contributed by atoms with van der Waals surface area (Å²) in [6, 6.07) is 9.65. The van der Waals surface area contributed by atoms with Crippen LogP contribution in [0.4, 0.5) is 0 Å². The van der Waals surface area contributed by atoms with Crippen LogP contribution in [0.15, 0.2) is 36.7 Å². The number of fused-ring (bicyclic) bond motifs is 1. The van der Waals surface area contributed by atoms with E-state index in [1.807, 2.05) is 29.7 Å². The van der Waals surface area contributed by atoms with Crippen molar-refractivity contribution in [2.24, 2.45) is 0 Å². The van der Waals surface area contributed by atoms with Gasteiger partial charge in [0.1, 0.15) is 11.3 Å². The average molecular weight is 283 g/mol. The number of hydrogen-bond donors (Lipinski definition) is 0. The topological polar surface area (TPSA) is 54.5 Å². The molecule has 0 saturated heterocycles. The average Bonchev–Trinajstić information content (AvgIpc) is 2.86. The van der Waals surface area contributed by atoms with Crippen LogP contribution < -0.4 is 0 Å². The van der Waals surface area contributed by atoms with Gasteiger partial charge < -0.3 is 0 Å². The highest BCUT2D eigenvalue weighted by molar-refractivity contribution is 6.17. The Morgan fingerprint density at radius 1 is 1.35 bits per heavy atom. The quantitative estimate of drug-likeness (QED) is 0.677. The number of nitrogens with zero attached hydrogens (tertiary/aromatic N) is 4. The molecule has 0 saturated carbocycles. The van der Waals surface area contributed by atoms with E-state index in [9.17, 15) is 0 Å². The van der Waals surface area contributed by atoms with E-state index in [0.29, 0.717) is 11.4 Å². The van der Waals surface area contributed by atoms with Crippen LogP contribution in [0.1, 0.15) is 17.0 Å². The molecule has 0 aliphatic heterocycles. The van der Waals surface area contributed by atoms with Crippen LogP contribution in [0, 0.1) is 18.3 Å². The Bertz CT molecular complexity index is 829. The minimum atomic E-state index is 0.297. The van der Waals surface area contributed by atoms with Crippen molar-refractivity contribution in [3.63, 3.8) is 0 Å². The Balaban J connectivity index is 2.37. The van der Waals surface area contributed by atoms with Gasteiger partial charge in [0.05, 0.1) is 34.9 Å². The first-order valence-electron chi connectivity index (χ1n) is 6.13. The van der Waals surface area contributed by atoms with Crippen LogP contribution >= 0.6 is 11.6 Å². The Kier molecular flexibility index (Phi) is 3.13. The van der Waals surface area contributed by atoms with Gasteiger partial charge >= 0.3 is 0 Å². The Labute approximate surface area is 121 Å². The third-order valence-corrected chi connectivity index (χ3v) is 3.46. The van der Waals surface area contributed by atoms with E-state index in [-0.39, 0.29) is 0 Å². The monoisotopic (exact) mass is 282 g/mol. The summed E-state index contributed by atoms with van der Waals surface area (Å²) in [7, 11) is 0. The van der Waals surface area contributed by atoms with Gasteiger partial charge in [0.25, 0.3) is 0 Å². The number of rotatable bonds is 2. The predicted molar refractivity (Wildman–Crippen MR) is 77.9 cm³/mol. The van der Waals surface area contributed by atoms with Gasteiger partial charge in [0, 0.05) is 6.20 Å². The molecule has 3 rings (SSSR count). The molecule has 98 valence electrons. The zero-order valence-electron chi connectivity index (χ0n) is 10.8. The summed E-state index contributed by atoms with van der Waals surface area (Å²) in [6.45, 7) is 2.00. The van der Waals surface area contributed by atoms with Crippen molar-refractivity contribution >= 4 is 22.6 Å². The predicted octanol–water partition coefficient (Wildman–Crippen LogP) is 3.34. The smallest absolute Gasteiger partial charge is 0.129 e. The molecule has 0 atom stereocenters. The second-order valence-corrected chi connectivity index (χ2v) is 4.74. The maximum atomic E-state index is 9.08. The summed E-state index contributed by atoms with van der Waals surface area (Å²) in [5.41, 5.74) is 4.33. The first-order valence-corrected chi connectivity index (χ1v) is 6.66. The molecular formula is C15H11ClN4. The number of aromatic nitrogens is 3. The molecular weight excluding hydrogens is 272 g/mol. The standard InChI is InChI=1S/C15H11ClN4/c1-10-2-3-11(8-17)6-14(10)20-13-4-5-18-9-12(13)19-15(20)7-16/h2-6,9H,7H2,1H3. The summed E-state index contributed by atoms with van der Waals surface area (Å²) < 4.78 is 1.99. The molecule has 2 aromatic heterocycles. The van der Waals surface area contributed by atoms with E-state index in [1.165, 1.54) is 0 Å². The summed E-state index contributed by atoms with van der Waals surface area (Å²) in [4.78, 5) is 8.57. The summed E-state index contributed by atoms with van der Waals surface area (Å²) in [6.07, 6.45) is 3.44. The van der Waals surface area contributed by atoms with E-state index < -0.39 is 0 Å². The maximum absolute atomic E-state index is 9.08. The fraction of sp³-hybridized carbons (Fsp3) is 0.133. The van der Waals surface area contributed by atoms with Gasteiger partial charge in [-0.2, -0.15) is 5.26 Å². The zero-order valence-corrected chi connectivity index (χ0v) is 11.6. The highest BCUT2D eigenvalue weighted by atomic mass is 35.5. The van der Waals surface area contributed by atoms with Crippen molar-refractivity contribution < 1.29 is 0 Å². The Hall–Kier alpha value is -2.38. The van der Waals surface area contributed by atoms with Gasteiger partial charge in [0.2, 0.25) is 0 Å². The molecule has 1 aromatic carbocycles. The fourth-order valence-corrected chi connectivity index (χ4v) is 2.44. The highest BCUT2D eigenvalue weighted by Gasteiger charge is 2.13. The van der Waals surface area contributed by atoms with E-state index in [0.717, 1.165) is 28.1 Å².